The quantitative estimate of drug-likeness (QED) is 0.873. The van der Waals surface area contributed by atoms with Crippen molar-refractivity contribution >= 4 is 35.5 Å². The molecule has 0 aliphatic carbocycles. The summed E-state index contributed by atoms with van der Waals surface area (Å²) >= 11 is 1.62. The highest BCUT2D eigenvalue weighted by atomic mass is 35.5. The maximum atomic E-state index is 12.3. The van der Waals surface area contributed by atoms with Gasteiger partial charge in [-0.15, -0.1) is 23.7 Å². The van der Waals surface area contributed by atoms with E-state index in [9.17, 15) is 4.79 Å². The SMILES string of the molecule is Cl.O=C(Nc1ccsc1-c1ccccc1)O[C@@H]1CN2CCC1CC2. The zero-order valence-corrected chi connectivity index (χ0v) is 14.9. The van der Waals surface area contributed by atoms with E-state index in [1.54, 1.807) is 11.3 Å². The minimum Gasteiger partial charge on any atom is -0.444 e. The third-order valence-electron chi connectivity index (χ3n) is 4.79. The van der Waals surface area contributed by atoms with Crippen LogP contribution in [0.4, 0.5) is 10.5 Å². The number of fused-ring (bicyclic) bond motifs is 3. The van der Waals surface area contributed by atoms with Crippen LogP contribution in [0.3, 0.4) is 0 Å². The number of benzene rings is 1. The fourth-order valence-electron chi connectivity index (χ4n) is 3.54. The second kappa shape index (κ2) is 7.55. The summed E-state index contributed by atoms with van der Waals surface area (Å²) in [4.78, 5) is 15.7. The number of carbonyl (C=O) groups is 1. The van der Waals surface area contributed by atoms with Crippen molar-refractivity contribution < 1.29 is 9.53 Å². The molecule has 2 bridgehead atoms. The van der Waals surface area contributed by atoms with E-state index in [0.29, 0.717) is 5.92 Å². The number of hydrogen-bond donors (Lipinski definition) is 1. The highest BCUT2D eigenvalue weighted by Crippen LogP contribution is 2.34. The lowest BCUT2D eigenvalue weighted by Gasteiger charge is -2.43. The van der Waals surface area contributed by atoms with E-state index in [1.807, 2.05) is 29.6 Å². The molecule has 0 saturated carbocycles. The summed E-state index contributed by atoms with van der Waals surface area (Å²) in [5.74, 6) is 0.529. The summed E-state index contributed by atoms with van der Waals surface area (Å²) in [5, 5.41) is 4.92. The highest BCUT2D eigenvalue weighted by Gasteiger charge is 2.36. The highest BCUT2D eigenvalue weighted by molar-refractivity contribution is 7.14. The molecule has 24 heavy (non-hydrogen) atoms. The first-order valence-corrected chi connectivity index (χ1v) is 9.00. The van der Waals surface area contributed by atoms with Gasteiger partial charge in [0.2, 0.25) is 0 Å². The molecule has 1 atom stereocenters. The van der Waals surface area contributed by atoms with Crippen molar-refractivity contribution in [2.24, 2.45) is 5.92 Å². The second-order valence-electron chi connectivity index (χ2n) is 6.24. The van der Waals surface area contributed by atoms with Crippen molar-refractivity contribution in [2.45, 2.75) is 18.9 Å². The van der Waals surface area contributed by atoms with Gasteiger partial charge in [-0.25, -0.2) is 4.79 Å². The van der Waals surface area contributed by atoms with Crippen LogP contribution in [0.25, 0.3) is 10.4 Å². The number of ether oxygens (including phenoxy) is 1. The first-order valence-electron chi connectivity index (χ1n) is 8.12. The van der Waals surface area contributed by atoms with Gasteiger partial charge in [-0.1, -0.05) is 30.3 Å². The van der Waals surface area contributed by atoms with E-state index in [2.05, 4.69) is 22.3 Å². The summed E-state index contributed by atoms with van der Waals surface area (Å²) in [7, 11) is 0. The Balaban J connectivity index is 0.00000169. The molecule has 1 amide bonds. The van der Waals surface area contributed by atoms with Gasteiger partial charge in [0, 0.05) is 6.54 Å². The molecule has 0 unspecified atom stereocenters. The van der Waals surface area contributed by atoms with Gasteiger partial charge < -0.3 is 4.74 Å². The summed E-state index contributed by atoms with van der Waals surface area (Å²) in [6.07, 6.45) is 1.99. The van der Waals surface area contributed by atoms with E-state index >= 15 is 0 Å². The van der Waals surface area contributed by atoms with Gasteiger partial charge in [0.1, 0.15) is 6.10 Å². The molecular weight excluding hydrogens is 344 g/mol. The molecule has 4 nitrogen and oxygen atoms in total. The third-order valence-corrected chi connectivity index (χ3v) is 5.76. The molecule has 4 heterocycles. The van der Waals surface area contributed by atoms with Crippen LogP contribution in [0.1, 0.15) is 12.8 Å². The number of halogens is 1. The smallest absolute Gasteiger partial charge is 0.411 e. The van der Waals surface area contributed by atoms with Crippen LogP contribution in [0.5, 0.6) is 0 Å². The number of anilines is 1. The van der Waals surface area contributed by atoms with Gasteiger partial charge in [-0.2, -0.15) is 0 Å². The normalized spacial score (nSPS) is 24.9. The average Bonchev–Trinajstić information content (AvgIpc) is 3.04. The Morgan fingerprint density at radius 2 is 1.92 bits per heavy atom. The van der Waals surface area contributed by atoms with Crippen LogP contribution in [0.2, 0.25) is 0 Å². The molecule has 1 aromatic carbocycles. The molecule has 3 aliphatic rings. The Hall–Kier alpha value is -1.56. The zero-order chi connectivity index (χ0) is 15.6. The zero-order valence-electron chi connectivity index (χ0n) is 13.3. The number of rotatable bonds is 3. The van der Waals surface area contributed by atoms with Crippen LogP contribution in [-0.2, 0) is 4.74 Å². The summed E-state index contributed by atoms with van der Waals surface area (Å²) in [5.41, 5.74) is 1.94. The molecule has 3 aliphatic heterocycles. The lowest BCUT2D eigenvalue weighted by Crippen LogP contribution is -2.52. The van der Waals surface area contributed by atoms with Crippen LogP contribution in [0, 0.1) is 5.92 Å². The minimum absolute atomic E-state index is 0. The van der Waals surface area contributed by atoms with Gasteiger partial charge in [0.15, 0.2) is 0 Å². The van der Waals surface area contributed by atoms with E-state index in [4.69, 9.17) is 4.74 Å². The standard InChI is InChI=1S/C18H20N2O2S.ClH/c21-18(22-16-12-20-9-6-13(16)7-10-20)19-15-8-11-23-17(15)14-4-2-1-3-5-14;/h1-5,8,11,13,16H,6-7,9-10,12H2,(H,19,21);1H/t16-;/m1./s1. The van der Waals surface area contributed by atoms with Crippen LogP contribution in [0.15, 0.2) is 41.8 Å². The minimum atomic E-state index is -0.334. The molecular formula is C18H21ClN2O2S. The number of nitrogens with zero attached hydrogens (tertiary/aromatic N) is 1. The Morgan fingerprint density at radius 3 is 2.58 bits per heavy atom. The van der Waals surface area contributed by atoms with Gasteiger partial charge >= 0.3 is 6.09 Å². The number of carbonyl (C=O) groups excluding carboxylic acids is 1. The monoisotopic (exact) mass is 364 g/mol. The van der Waals surface area contributed by atoms with E-state index in [-0.39, 0.29) is 24.6 Å². The van der Waals surface area contributed by atoms with Crippen LogP contribution in [-0.4, -0.2) is 36.7 Å². The van der Waals surface area contributed by atoms with Gasteiger partial charge in [0.25, 0.3) is 0 Å². The summed E-state index contributed by atoms with van der Waals surface area (Å²) in [6, 6.07) is 12.0. The van der Waals surface area contributed by atoms with Crippen LogP contribution >= 0.6 is 23.7 Å². The van der Waals surface area contributed by atoms with Crippen molar-refractivity contribution in [1.82, 2.24) is 4.90 Å². The molecule has 0 spiro atoms. The number of amides is 1. The molecule has 1 aromatic heterocycles. The summed E-state index contributed by atoms with van der Waals surface area (Å²) in [6.45, 7) is 3.18. The molecule has 1 N–H and O–H groups in total. The maximum absolute atomic E-state index is 12.3. The molecule has 2 aromatic rings. The fourth-order valence-corrected chi connectivity index (χ4v) is 4.40. The lowest BCUT2D eigenvalue weighted by atomic mass is 9.86. The van der Waals surface area contributed by atoms with E-state index < -0.39 is 0 Å². The topological polar surface area (TPSA) is 41.6 Å². The van der Waals surface area contributed by atoms with Crippen LogP contribution < -0.4 is 5.32 Å². The molecule has 3 fully saturated rings. The van der Waals surface area contributed by atoms with Gasteiger partial charge in [-0.05, 0) is 48.9 Å². The largest absolute Gasteiger partial charge is 0.444 e. The molecule has 0 radical (unpaired) electrons. The first kappa shape index (κ1) is 17.3. The van der Waals surface area contributed by atoms with Crippen molar-refractivity contribution in [3.8, 4) is 10.4 Å². The summed E-state index contributed by atoms with van der Waals surface area (Å²) < 4.78 is 5.70. The predicted molar refractivity (Wildman–Crippen MR) is 100 cm³/mol. The Bertz CT molecular complexity index is 683. The maximum Gasteiger partial charge on any atom is 0.411 e. The Kier molecular flexibility index (Phi) is 5.43. The third kappa shape index (κ3) is 3.58. The Morgan fingerprint density at radius 1 is 1.17 bits per heavy atom. The lowest BCUT2D eigenvalue weighted by molar-refractivity contribution is -0.0289. The van der Waals surface area contributed by atoms with Gasteiger partial charge in [0.05, 0.1) is 10.6 Å². The number of hydrogen-bond acceptors (Lipinski definition) is 4. The Labute approximate surface area is 152 Å². The van der Waals surface area contributed by atoms with Crippen molar-refractivity contribution in [3.05, 3.63) is 41.8 Å². The number of nitrogens with one attached hydrogen (secondary N) is 1. The van der Waals surface area contributed by atoms with Crippen molar-refractivity contribution in [1.29, 1.82) is 0 Å². The molecule has 3 saturated heterocycles. The predicted octanol–water partition coefficient (Wildman–Crippen LogP) is 4.48. The van der Waals surface area contributed by atoms with Crippen molar-refractivity contribution in [2.75, 3.05) is 25.0 Å². The number of piperidine rings is 3. The first-order chi connectivity index (χ1) is 11.3. The average molecular weight is 365 g/mol. The number of thiophene rings is 1. The fraction of sp³-hybridized carbons (Fsp3) is 0.389. The molecule has 6 heteroatoms. The molecule has 128 valence electrons. The molecule has 5 rings (SSSR count). The van der Waals surface area contributed by atoms with Crippen molar-refractivity contribution in [3.63, 3.8) is 0 Å². The van der Waals surface area contributed by atoms with Gasteiger partial charge in [-0.3, -0.25) is 10.2 Å². The van der Waals surface area contributed by atoms with E-state index in [1.165, 1.54) is 0 Å². The second-order valence-corrected chi connectivity index (χ2v) is 7.15. The van der Waals surface area contributed by atoms with E-state index in [0.717, 1.165) is 48.6 Å².